The van der Waals surface area contributed by atoms with Crippen LogP contribution < -0.4 is 16.4 Å². The summed E-state index contributed by atoms with van der Waals surface area (Å²) in [5, 5.41) is 9.21. The number of benzene rings is 1. The van der Waals surface area contributed by atoms with Crippen molar-refractivity contribution in [2.75, 3.05) is 25.0 Å². The fraction of sp³-hybridized carbons (Fsp3) is 0.600. The van der Waals surface area contributed by atoms with Crippen molar-refractivity contribution in [3.05, 3.63) is 28.8 Å². The highest BCUT2D eigenvalue weighted by Crippen LogP contribution is 2.49. The van der Waals surface area contributed by atoms with E-state index in [2.05, 4.69) is 0 Å². The van der Waals surface area contributed by atoms with Crippen LogP contribution in [0.2, 0.25) is 0 Å². The molecule has 5 N–H and O–H groups in total. The maximum atomic E-state index is 13.4. The van der Waals surface area contributed by atoms with E-state index in [1.807, 2.05) is 13.8 Å². The number of primary amides is 1. The normalized spacial score (nSPS) is 20.5. The quantitative estimate of drug-likeness (QED) is 0.606. The van der Waals surface area contributed by atoms with E-state index in [0.29, 0.717) is 24.9 Å². The smallest absolute Gasteiger partial charge is 0.411 e. The Balaban J connectivity index is 1.82. The predicted molar refractivity (Wildman–Crippen MR) is 114 cm³/mol. The van der Waals surface area contributed by atoms with Gasteiger partial charge >= 0.3 is 6.09 Å². The Morgan fingerprint density at radius 1 is 1.13 bits per heavy atom. The second-order valence-corrected chi connectivity index (χ2v) is 11.0. The zero-order chi connectivity index (χ0) is 22.5. The highest BCUT2D eigenvalue weighted by Gasteiger charge is 2.57. The van der Waals surface area contributed by atoms with E-state index in [9.17, 15) is 23.1 Å². The van der Waals surface area contributed by atoms with Gasteiger partial charge in [0.25, 0.3) is 0 Å². The SMILES string of the molecule is Cc1cc(N(C)C(=O)O)cc(C)c1CC1(S(=O)(=O)N2CCC(N)(C(N)=O)CC2)CC1. The summed E-state index contributed by atoms with van der Waals surface area (Å²) in [5.41, 5.74) is 13.5. The van der Waals surface area contributed by atoms with Crippen molar-refractivity contribution in [1.29, 1.82) is 0 Å². The molecule has 3 rings (SSSR count). The number of nitrogens with zero attached hydrogens (tertiary/aromatic N) is 2. The van der Waals surface area contributed by atoms with Gasteiger partial charge < -0.3 is 16.6 Å². The zero-order valence-corrected chi connectivity index (χ0v) is 18.5. The Labute approximate surface area is 177 Å². The van der Waals surface area contributed by atoms with E-state index in [1.165, 1.54) is 11.4 Å². The molecule has 1 aromatic rings. The van der Waals surface area contributed by atoms with E-state index in [-0.39, 0.29) is 25.9 Å². The lowest BCUT2D eigenvalue weighted by molar-refractivity contribution is -0.124. The van der Waals surface area contributed by atoms with Gasteiger partial charge in [-0.05, 0) is 74.8 Å². The zero-order valence-electron chi connectivity index (χ0n) is 17.6. The van der Waals surface area contributed by atoms with Gasteiger partial charge in [0.2, 0.25) is 15.9 Å². The van der Waals surface area contributed by atoms with Crippen molar-refractivity contribution < 1.29 is 23.1 Å². The van der Waals surface area contributed by atoms with E-state index in [1.54, 1.807) is 12.1 Å². The lowest BCUT2D eigenvalue weighted by Crippen LogP contribution is -2.59. The number of carboxylic acid groups (broad SMARTS) is 1. The van der Waals surface area contributed by atoms with Gasteiger partial charge in [-0.3, -0.25) is 9.69 Å². The van der Waals surface area contributed by atoms with Gasteiger partial charge in [0, 0.05) is 25.8 Å². The van der Waals surface area contributed by atoms with Crippen molar-refractivity contribution in [2.45, 2.75) is 56.2 Å². The molecule has 30 heavy (non-hydrogen) atoms. The first-order chi connectivity index (χ1) is 13.8. The second-order valence-electron chi connectivity index (χ2n) is 8.68. The standard InChI is InChI=1S/C20H30N4O5S/c1-13-10-15(23(3)18(26)27)11-14(2)16(13)12-19(4-5-19)30(28,29)24-8-6-20(22,7-9-24)17(21)25/h10-11H,4-9,12,22H2,1-3H3,(H2,21,25)(H,26,27). The summed E-state index contributed by atoms with van der Waals surface area (Å²) >= 11 is 0. The highest BCUT2D eigenvalue weighted by atomic mass is 32.2. The number of rotatable bonds is 6. The van der Waals surface area contributed by atoms with Crippen LogP contribution in [0.15, 0.2) is 12.1 Å². The van der Waals surface area contributed by atoms with E-state index in [4.69, 9.17) is 11.5 Å². The minimum atomic E-state index is -3.58. The summed E-state index contributed by atoms with van der Waals surface area (Å²) in [5.74, 6) is -0.599. The van der Waals surface area contributed by atoms with Gasteiger partial charge in [0.15, 0.2) is 0 Å². The van der Waals surface area contributed by atoms with Crippen molar-refractivity contribution in [1.82, 2.24) is 4.31 Å². The van der Waals surface area contributed by atoms with Crippen LogP contribution in [0.25, 0.3) is 0 Å². The molecule has 1 saturated carbocycles. The molecule has 1 heterocycles. The minimum absolute atomic E-state index is 0.184. The minimum Gasteiger partial charge on any atom is -0.465 e. The van der Waals surface area contributed by atoms with Gasteiger partial charge in [0.05, 0.1) is 10.3 Å². The Bertz CT molecular complexity index is 956. The Morgan fingerprint density at radius 2 is 1.63 bits per heavy atom. The van der Waals surface area contributed by atoms with Crippen LogP contribution in [0.5, 0.6) is 0 Å². The van der Waals surface area contributed by atoms with E-state index in [0.717, 1.165) is 21.6 Å². The number of hydrogen-bond acceptors (Lipinski definition) is 5. The Hall–Kier alpha value is -2.17. The number of anilines is 1. The van der Waals surface area contributed by atoms with Gasteiger partial charge in [-0.2, -0.15) is 0 Å². The largest absolute Gasteiger partial charge is 0.465 e. The number of hydrogen-bond donors (Lipinski definition) is 3. The topological polar surface area (TPSA) is 147 Å². The molecule has 0 bridgehead atoms. The Kier molecular flexibility index (Phi) is 5.63. The molecule has 1 saturated heterocycles. The predicted octanol–water partition coefficient (Wildman–Crippen LogP) is 1.10. The van der Waals surface area contributed by atoms with Crippen LogP contribution in [0.3, 0.4) is 0 Å². The molecule has 0 radical (unpaired) electrons. The molecule has 10 heteroatoms. The lowest BCUT2D eigenvalue weighted by atomic mass is 9.89. The molecule has 2 aliphatic rings. The molecule has 2 amide bonds. The number of aryl methyl sites for hydroxylation is 2. The van der Waals surface area contributed by atoms with Crippen molar-refractivity contribution in [2.24, 2.45) is 11.5 Å². The van der Waals surface area contributed by atoms with Crippen LogP contribution in [0.1, 0.15) is 42.4 Å². The number of carbonyl (C=O) groups is 2. The monoisotopic (exact) mass is 438 g/mol. The number of amides is 2. The molecule has 0 unspecified atom stereocenters. The third-order valence-electron chi connectivity index (χ3n) is 6.65. The summed E-state index contributed by atoms with van der Waals surface area (Å²) in [7, 11) is -2.10. The first-order valence-corrected chi connectivity index (χ1v) is 11.4. The molecule has 1 aromatic carbocycles. The van der Waals surface area contributed by atoms with Crippen LogP contribution in [-0.2, 0) is 21.2 Å². The molecular formula is C20H30N4O5S. The van der Waals surface area contributed by atoms with Crippen LogP contribution >= 0.6 is 0 Å². The van der Waals surface area contributed by atoms with Gasteiger partial charge in [-0.25, -0.2) is 17.5 Å². The maximum Gasteiger partial charge on any atom is 0.411 e. The van der Waals surface area contributed by atoms with Crippen molar-refractivity contribution >= 4 is 27.7 Å². The molecule has 9 nitrogen and oxygen atoms in total. The average molecular weight is 439 g/mol. The van der Waals surface area contributed by atoms with Crippen molar-refractivity contribution in [3.8, 4) is 0 Å². The van der Waals surface area contributed by atoms with Crippen LogP contribution in [0, 0.1) is 13.8 Å². The number of piperidine rings is 1. The summed E-state index contributed by atoms with van der Waals surface area (Å²) in [6.45, 7) is 4.12. The summed E-state index contributed by atoms with van der Waals surface area (Å²) < 4.78 is 27.4. The molecule has 166 valence electrons. The second kappa shape index (κ2) is 7.51. The molecular weight excluding hydrogens is 408 g/mol. The fourth-order valence-corrected chi connectivity index (χ4v) is 6.34. The molecule has 2 fully saturated rings. The first-order valence-electron chi connectivity index (χ1n) is 9.98. The summed E-state index contributed by atoms with van der Waals surface area (Å²) in [6, 6.07) is 3.55. The highest BCUT2D eigenvalue weighted by molar-refractivity contribution is 7.90. The van der Waals surface area contributed by atoms with Crippen LogP contribution in [-0.4, -0.2) is 60.3 Å². The van der Waals surface area contributed by atoms with Gasteiger partial charge in [0.1, 0.15) is 0 Å². The fourth-order valence-electron chi connectivity index (χ4n) is 4.19. The van der Waals surface area contributed by atoms with Crippen LogP contribution in [0.4, 0.5) is 10.5 Å². The number of nitrogens with two attached hydrogens (primary N) is 2. The summed E-state index contributed by atoms with van der Waals surface area (Å²) in [4.78, 5) is 23.9. The molecule has 1 aliphatic carbocycles. The number of carbonyl (C=O) groups excluding carboxylic acids is 1. The molecule has 0 aromatic heterocycles. The van der Waals surface area contributed by atoms with Gasteiger partial charge in [-0.1, -0.05) is 0 Å². The molecule has 1 aliphatic heterocycles. The summed E-state index contributed by atoms with van der Waals surface area (Å²) in [6.07, 6.45) is 0.901. The number of sulfonamides is 1. The first kappa shape index (κ1) is 22.5. The maximum absolute atomic E-state index is 13.4. The van der Waals surface area contributed by atoms with Crippen molar-refractivity contribution in [3.63, 3.8) is 0 Å². The molecule has 0 spiro atoms. The van der Waals surface area contributed by atoms with E-state index >= 15 is 0 Å². The third-order valence-corrected chi connectivity index (χ3v) is 9.35. The Morgan fingerprint density at radius 3 is 2.03 bits per heavy atom. The lowest BCUT2D eigenvalue weighted by Gasteiger charge is -2.38. The third kappa shape index (κ3) is 3.79. The van der Waals surface area contributed by atoms with Gasteiger partial charge in [-0.15, -0.1) is 0 Å². The average Bonchev–Trinajstić information content (AvgIpc) is 3.45. The van der Waals surface area contributed by atoms with E-state index < -0.39 is 32.3 Å². The molecule has 0 atom stereocenters.